The maximum absolute atomic E-state index is 13.2. The van der Waals surface area contributed by atoms with E-state index in [0.717, 1.165) is 23.4 Å². The number of carbonyl (C=O) groups excluding carboxylic acids is 4. The van der Waals surface area contributed by atoms with Crippen LogP contribution in [0.4, 0.5) is 0 Å². The minimum Gasteiger partial charge on any atom is -0.381 e. The lowest BCUT2D eigenvalue weighted by atomic mass is 9.84. The summed E-state index contributed by atoms with van der Waals surface area (Å²) in [5.41, 5.74) is 7.73. The molecule has 158 valence electrons. The van der Waals surface area contributed by atoms with Crippen molar-refractivity contribution in [2.75, 3.05) is 26.3 Å². The molecule has 3 N–H and O–H groups in total. The highest BCUT2D eigenvalue weighted by Gasteiger charge is 2.47. The summed E-state index contributed by atoms with van der Waals surface area (Å²) in [6, 6.07) is 4.27. The van der Waals surface area contributed by atoms with Gasteiger partial charge in [0.25, 0.3) is 11.8 Å². The monoisotopic (exact) mass is 412 g/mol. The van der Waals surface area contributed by atoms with Gasteiger partial charge in [-0.2, -0.15) is 0 Å². The van der Waals surface area contributed by atoms with Crippen LogP contribution in [0.1, 0.15) is 45.5 Å². The SMILES string of the molecule is N[C@@]12CCOC[C@@H]1CN(Cc1cccc3c1C(=O)N(C1CCC(=O)NC1=O)C3=O)C2. The number of rotatable bonds is 3. The van der Waals surface area contributed by atoms with E-state index in [1.54, 1.807) is 12.1 Å². The average Bonchev–Trinajstić information content (AvgIpc) is 3.16. The summed E-state index contributed by atoms with van der Waals surface area (Å²) in [7, 11) is 0. The zero-order valence-electron chi connectivity index (χ0n) is 16.6. The van der Waals surface area contributed by atoms with Crippen LogP contribution in [-0.2, 0) is 20.9 Å². The van der Waals surface area contributed by atoms with Gasteiger partial charge in [0.15, 0.2) is 0 Å². The van der Waals surface area contributed by atoms with Crippen molar-refractivity contribution in [3.05, 3.63) is 34.9 Å². The van der Waals surface area contributed by atoms with Crippen molar-refractivity contribution >= 4 is 23.6 Å². The van der Waals surface area contributed by atoms with E-state index < -0.39 is 23.8 Å². The maximum Gasteiger partial charge on any atom is 0.262 e. The summed E-state index contributed by atoms with van der Waals surface area (Å²) in [4.78, 5) is 53.1. The minimum absolute atomic E-state index is 0.104. The van der Waals surface area contributed by atoms with Crippen LogP contribution in [0.15, 0.2) is 18.2 Å². The van der Waals surface area contributed by atoms with Gasteiger partial charge < -0.3 is 10.5 Å². The Morgan fingerprint density at radius 2 is 2.03 bits per heavy atom. The summed E-state index contributed by atoms with van der Waals surface area (Å²) >= 11 is 0. The van der Waals surface area contributed by atoms with Crippen LogP contribution < -0.4 is 11.1 Å². The molecular formula is C21H24N4O5. The van der Waals surface area contributed by atoms with Gasteiger partial charge in [0, 0.05) is 44.1 Å². The number of ether oxygens (including phenoxy) is 1. The molecule has 3 fully saturated rings. The average molecular weight is 412 g/mol. The molecule has 1 unspecified atom stereocenters. The molecule has 9 nitrogen and oxygen atoms in total. The van der Waals surface area contributed by atoms with Gasteiger partial charge in [-0.05, 0) is 24.5 Å². The third-order valence-corrected chi connectivity index (χ3v) is 6.79. The van der Waals surface area contributed by atoms with Gasteiger partial charge in [-0.15, -0.1) is 0 Å². The summed E-state index contributed by atoms with van der Waals surface area (Å²) in [6.07, 6.45) is 1.06. The molecule has 3 saturated heterocycles. The molecule has 0 radical (unpaired) electrons. The Morgan fingerprint density at radius 1 is 1.20 bits per heavy atom. The Bertz CT molecular complexity index is 963. The molecule has 30 heavy (non-hydrogen) atoms. The molecule has 4 heterocycles. The molecule has 0 aromatic heterocycles. The number of fused-ring (bicyclic) bond motifs is 2. The fraction of sp³-hybridized carbons (Fsp3) is 0.524. The van der Waals surface area contributed by atoms with Crippen molar-refractivity contribution in [3.8, 4) is 0 Å². The largest absolute Gasteiger partial charge is 0.381 e. The van der Waals surface area contributed by atoms with Gasteiger partial charge in [-0.1, -0.05) is 12.1 Å². The van der Waals surface area contributed by atoms with E-state index in [0.29, 0.717) is 37.4 Å². The third-order valence-electron chi connectivity index (χ3n) is 6.79. The zero-order chi connectivity index (χ0) is 21.0. The van der Waals surface area contributed by atoms with Gasteiger partial charge in [0.1, 0.15) is 6.04 Å². The van der Waals surface area contributed by atoms with Crippen LogP contribution in [0.25, 0.3) is 0 Å². The molecule has 0 saturated carbocycles. The number of hydrogen-bond donors (Lipinski definition) is 2. The van der Waals surface area contributed by atoms with Gasteiger partial charge >= 0.3 is 0 Å². The van der Waals surface area contributed by atoms with Crippen molar-refractivity contribution in [1.82, 2.24) is 15.1 Å². The molecule has 9 heteroatoms. The quantitative estimate of drug-likeness (QED) is 0.650. The highest BCUT2D eigenvalue weighted by molar-refractivity contribution is 6.24. The number of hydrogen-bond acceptors (Lipinski definition) is 7. The van der Waals surface area contributed by atoms with Crippen LogP contribution in [0.5, 0.6) is 0 Å². The third kappa shape index (κ3) is 2.96. The van der Waals surface area contributed by atoms with E-state index in [9.17, 15) is 19.2 Å². The molecule has 1 aromatic carbocycles. The van der Waals surface area contributed by atoms with Crippen LogP contribution in [0, 0.1) is 5.92 Å². The van der Waals surface area contributed by atoms with Gasteiger partial charge in [0.2, 0.25) is 11.8 Å². The number of nitrogens with one attached hydrogen (secondary N) is 1. The second kappa shape index (κ2) is 6.97. The minimum atomic E-state index is -0.956. The highest BCUT2D eigenvalue weighted by Crippen LogP contribution is 2.35. The number of carbonyl (C=O) groups is 4. The van der Waals surface area contributed by atoms with Gasteiger partial charge in [-0.25, -0.2) is 0 Å². The van der Waals surface area contributed by atoms with Crippen LogP contribution >= 0.6 is 0 Å². The standard InChI is InChI=1S/C21H24N4O5/c22-21-6-7-30-10-13(21)9-24(11-21)8-12-2-1-3-14-17(12)20(29)25(19(14)28)15-4-5-16(26)23-18(15)27/h1-3,13,15H,4-11,22H2,(H,23,26,27)/t13-,15?,21+/m0/s1. The maximum atomic E-state index is 13.2. The van der Waals surface area contributed by atoms with Crippen LogP contribution in [0.2, 0.25) is 0 Å². The van der Waals surface area contributed by atoms with Crippen molar-refractivity contribution in [2.24, 2.45) is 11.7 Å². The number of nitrogens with two attached hydrogens (primary N) is 1. The van der Waals surface area contributed by atoms with Crippen molar-refractivity contribution < 1.29 is 23.9 Å². The zero-order valence-corrected chi connectivity index (χ0v) is 16.6. The van der Waals surface area contributed by atoms with E-state index in [2.05, 4.69) is 10.2 Å². The normalized spacial score (nSPS) is 31.7. The van der Waals surface area contributed by atoms with E-state index in [4.69, 9.17) is 10.5 Å². The first-order valence-electron chi connectivity index (χ1n) is 10.3. The fourth-order valence-electron chi connectivity index (χ4n) is 5.17. The first-order valence-corrected chi connectivity index (χ1v) is 10.3. The summed E-state index contributed by atoms with van der Waals surface area (Å²) in [5.74, 6) is -1.69. The smallest absolute Gasteiger partial charge is 0.262 e. The molecule has 0 aliphatic carbocycles. The van der Waals surface area contributed by atoms with E-state index in [-0.39, 0.29) is 30.2 Å². The van der Waals surface area contributed by atoms with Crippen molar-refractivity contribution in [2.45, 2.75) is 37.4 Å². The van der Waals surface area contributed by atoms with E-state index in [1.165, 1.54) is 0 Å². The molecule has 3 atom stereocenters. The second-order valence-electron chi connectivity index (χ2n) is 8.71. The lowest BCUT2D eigenvalue weighted by Gasteiger charge is -2.34. The number of nitrogens with zero attached hydrogens (tertiary/aromatic N) is 2. The highest BCUT2D eigenvalue weighted by atomic mass is 16.5. The second-order valence-corrected chi connectivity index (χ2v) is 8.71. The number of amides is 4. The first kappa shape index (κ1) is 19.3. The Morgan fingerprint density at radius 3 is 2.80 bits per heavy atom. The number of likely N-dealkylation sites (tertiary alicyclic amines) is 1. The topological polar surface area (TPSA) is 122 Å². The molecule has 4 amide bonds. The molecule has 4 aliphatic heterocycles. The molecular weight excluding hydrogens is 388 g/mol. The molecule has 0 spiro atoms. The summed E-state index contributed by atoms with van der Waals surface area (Å²) < 4.78 is 5.58. The van der Waals surface area contributed by atoms with Crippen molar-refractivity contribution in [1.29, 1.82) is 0 Å². The Labute approximate surface area is 173 Å². The molecule has 5 rings (SSSR count). The molecule has 1 aromatic rings. The molecule has 4 aliphatic rings. The Kier molecular flexibility index (Phi) is 4.49. The fourth-order valence-corrected chi connectivity index (χ4v) is 5.17. The lowest BCUT2D eigenvalue weighted by Crippen LogP contribution is -2.54. The number of imide groups is 2. The van der Waals surface area contributed by atoms with E-state index in [1.807, 2.05) is 6.07 Å². The Balaban J connectivity index is 1.40. The van der Waals surface area contributed by atoms with Gasteiger partial charge in [0.05, 0.1) is 17.7 Å². The summed E-state index contributed by atoms with van der Waals surface area (Å²) in [5, 5.41) is 2.22. The van der Waals surface area contributed by atoms with E-state index >= 15 is 0 Å². The number of benzene rings is 1. The predicted octanol–water partition coefficient (Wildman–Crippen LogP) is -0.363. The van der Waals surface area contributed by atoms with Crippen molar-refractivity contribution in [3.63, 3.8) is 0 Å². The van der Waals surface area contributed by atoms with Crippen LogP contribution in [0.3, 0.4) is 0 Å². The first-order chi connectivity index (χ1) is 14.4. The predicted molar refractivity (Wildman–Crippen MR) is 104 cm³/mol. The molecule has 0 bridgehead atoms. The number of piperidine rings is 1. The Hall–Kier alpha value is -2.62. The van der Waals surface area contributed by atoms with Crippen LogP contribution in [-0.4, -0.2) is 71.3 Å². The lowest BCUT2D eigenvalue weighted by molar-refractivity contribution is -0.136. The summed E-state index contributed by atoms with van der Waals surface area (Å²) in [6.45, 7) is 3.29. The van der Waals surface area contributed by atoms with Gasteiger partial charge in [-0.3, -0.25) is 34.3 Å².